The fraction of sp³-hybridized carbons (Fsp3) is 0.364. The zero-order chi connectivity index (χ0) is 48.5. The van der Waals surface area contributed by atoms with Crippen molar-refractivity contribution in [2.45, 2.75) is 132 Å². The summed E-state index contributed by atoms with van der Waals surface area (Å²) < 4.78 is 43.3. The van der Waals surface area contributed by atoms with E-state index in [1.54, 1.807) is 0 Å². The van der Waals surface area contributed by atoms with Gasteiger partial charge in [-0.05, 0) is 248 Å². The highest BCUT2D eigenvalue weighted by atomic mass is 16.5. The monoisotopic (exact) mass is 978 g/mol. The molecule has 6 nitrogen and oxygen atoms in total. The maximum Gasteiger partial charge on any atom is 0.260 e. The maximum atomic E-state index is 7.39. The molecule has 9 saturated carbocycles. The highest BCUT2D eigenvalue weighted by Crippen LogP contribution is 2.57. The van der Waals surface area contributed by atoms with Gasteiger partial charge in [0.25, 0.3) is 20.1 Å². The molecule has 0 unspecified atom stereocenters. The van der Waals surface area contributed by atoms with Crippen molar-refractivity contribution in [3.63, 3.8) is 0 Å². The van der Waals surface area contributed by atoms with E-state index < -0.39 is 0 Å². The molecule has 7 aromatic carbocycles. The molecule has 0 saturated heterocycles. The first-order chi connectivity index (χ1) is 36.9. The third-order valence-corrected chi connectivity index (χ3v) is 22.6. The lowest BCUT2D eigenvalue weighted by Gasteiger charge is -2.48. The number of benzene rings is 7. The Kier molecular flexibility index (Phi) is 8.08. The summed E-state index contributed by atoms with van der Waals surface area (Å²) in [4.78, 5) is 0. The smallest absolute Gasteiger partial charge is 0.260 e. The molecule has 0 radical (unpaired) electrons. The Balaban J connectivity index is 0.807. The van der Waals surface area contributed by atoms with Crippen LogP contribution in [0.3, 0.4) is 0 Å². The second-order valence-electron chi connectivity index (χ2n) is 25.8. The van der Waals surface area contributed by atoms with Crippen LogP contribution in [0.5, 0.6) is 69.0 Å². The van der Waals surface area contributed by atoms with Gasteiger partial charge in [-0.25, -0.2) is 0 Å². The number of ether oxygens (including phenoxy) is 6. The lowest BCUT2D eigenvalue weighted by atomic mass is 9.30. The van der Waals surface area contributed by atoms with E-state index in [0.29, 0.717) is 0 Å². The molecule has 15 aliphatic rings. The van der Waals surface area contributed by atoms with Crippen molar-refractivity contribution in [1.29, 1.82) is 0 Å². The van der Waals surface area contributed by atoms with E-state index in [9.17, 15) is 0 Å². The Morgan fingerprint density at radius 1 is 0.267 bits per heavy atom. The van der Waals surface area contributed by atoms with E-state index in [1.165, 1.54) is 143 Å². The normalized spacial score (nSPS) is 28.2. The summed E-state index contributed by atoms with van der Waals surface area (Å²) in [5.74, 6) is 13.5. The van der Waals surface area contributed by atoms with Crippen LogP contribution in [-0.2, 0) is 16.2 Å². The summed E-state index contributed by atoms with van der Waals surface area (Å²) in [6.07, 6.45) is 23.0. The molecule has 9 aliphatic carbocycles. The van der Waals surface area contributed by atoms with E-state index in [2.05, 4.69) is 109 Å². The second-order valence-corrected chi connectivity index (χ2v) is 25.8. The Labute approximate surface area is 440 Å². The summed E-state index contributed by atoms with van der Waals surface area (Å²) in [6.45, 7) is -0.293. The summed E-state index contributed by atoms with van der Waals surface area (Å²) >= 11 is 0. The number of hydrogen-bond acceptors (Lipinski definition) is 6. The van der Waals surface area contributed by atoms with Crippen molar-refractivity contribution in [1.82, 2.24) is 0 Å². The lowest BCUT2D eigenvalue weighted by Crippen LogP contribution is -2.63. The third-order valence-electron chi connectivity index (χ3n) is 22.6. The molecule has 7 aromatic rings. The lowest BCUT2D eigenvalue weighted by molar-refractivity contribution is 0.135. The first-order valence-electron chi connectivity index (χ1n) is 29.1. The van der Waals surface area contributed by atoms with Crippen molar-refractivity contribution >= 4 is 69.3 Å². The predicted octanol–water partition coefficient (Wildman–Crippen LogP) is 10.5. The Hall–Kier alpha value is -6.47. The van der Waals surface area contributed by atoms with Gasteiger partial charge in [-0.3, -0.25) is 0 Å². The van der Waals surface area contributed by atoms with Crippen LogP contribution in [0.1, 0.15) is 132 Å². The summed E-state index contributed by atoms with van der Waals surface area (Å²) in [7, 11) is 0. The molecule has 6 heterocycles. The van der Waals surface area contributed by atoms with Gasteiger partial charge in [0, 0.05) is 28.5 Å². The first kappa shape index (κ1) is 41.7. The van der Waals surface area contributed by atoms with E-state index in [0.717, 1.165) is 125 Å². The SMILES string of the molecule is c1ccc2c(c1)Oc1cc(C34CCC(CC3)CC4)cc3c1B2c1cc2c(cc1O3)Oc1cc(C34CCC(CC3)CC4)cc3c1B2c1cc2c(cc1O3)Oc1cc(C34CCC(CC3)CC4)cc3c1B2c1ccccc1O3. The average Bonchev–Trinajstić information content (AvgIpc) is 3.47. The molecule has 0 spiro atoms. The van der Waals surface area contributed by atoms with E-state index in [1.807, 2.05) is 0 Å². The molecule has 9 heteroatoms. The topological polar surface area (TPSA) is 55.4 Å². The average molecular weight is 979 g/mol. The van der Waals surface area contributed by atoms with Crippen LogP contribution >= 0.6 is 0 Å². The molecule has 0 amide bonds. The number of para-hydroxylation sites is 2. The van der Waals surface area contributed by atoms with Crippen molar-refractivity contribution in [2.24, 2.45) is 17.8 Å². The van der Waals surface area contributed by atoms with Gasteiger partial charge < -0.3 is 28.4 Å². The molecule has 0 N–H and O–H groups in total. The van der Waals surface area contributed by atoms with Gasteiger partial charge in [0.05, 0.1) is 0 Å². The van der Waals surface area contributed by atoms with E-state index in [4.69, 9.17) is 28.4 Å². The van der Waals surface area contributed by atoms with Crippen molar-refractivity contribution < 1.29 is 28.4 Å². The number of rotatable bonds is 3. The zero-order valence-corrected chi connectivity index (χ0v) is 42.5. The van der Waals surface area contributed by atoms with Gasteiger partial charge in [0.1, 0.15) is 69.0 Å². The van der Waals surface area contributed by atoms with Crippen molar-refractivity contribution in [2.75, 3.05) is 0 Å². The van der Waals surface area contributed by atoms with Gasteiger partial charge in [0.2, 0.25) is 0 Å². The van der Waals surface area contributed by atoms with E-state index >= 15 is 0 Å². The van der Waals surface area contributed by atoms with Crippen LogP contribution in [-0.4, -0.2) is 20.1 Å². The minimum absolute atomic E-state index is 0.0654. The van der Waals surface area contributed by atoms with Crippen LogP contribution in [0, 0.1) is 17.8 Å². The zero-order valence-electron chi connectivity index (χ0n) is 42.5. The van der Waals surface area contributed by atoms with Gasteiger partial charge >= 0.3 is 0 Å². The minimum Gasteiger partial charge on any atom is -0.458 e. The molecule has 0 atom stereocenters. The molecule has 6 aliphatic heterocycles. The van der Waals surface area contributed by atoms with Gasteiger partial charge in [-0.2, -0.15) is 0 Å². The van der Waals surface area contributed by atoms with Crippen LogP contribution in [0.25, 0.3) is 0 Å². The van der Waals surface area contributed by atoms with Crippen molar-refractivity contribution in [3.05, 3.63) is 126 Å². The van der Waals surface area contributed by atoms with E-state index in [-0.39, 0.29) is 36.4 Å². The highest BCUT2D eigenvalue weighted by molar-refractivity contribution is 7.02. The van der Waals surface area contributed by atoms with Gasteiger partial charge in [-0.15, -0.1) is 0 Å². The van der Waals surface area contributed by atoms with Crippen LogP contribution in [0.15, 0.2) is 109 Å². The molecular weight excluding hydrogens is 921 g/mol. The van der Waals surface area contributed by atoms with Gasteiger partial charge in [0.15, 0.2) is 0 Å². The van der Waals surface area contributed by atoms with Crippen LogP contribution in [0.2, 0.25) is 0 Å². The first-order valence-corrected chi connectivity index (χ1v) is 29.1. The highest BCUT2D eigenvalue weighted by Gasteiger charge is 2.52. The number of fused-ring (bicyclic) bond motifs is 21. The maximum absolute atomic E-state index is 7.39. The molecule has 9 fully saturated rings. The number of hydrogen-bond donors (Lipinski definition) is 0. The van der Waals surface area contributed by atoms with Gasteiger partial charge in [-0.1, -0.05) is 48.5 Å². The third kappa shape index (κ3) is 5.60. The fourth-order valence-electron chi connectivity index (χ4n) is 18.3. The molecule has 0 aromatic heterocycles. The molecule has 366 valence electrons. The molecule has 75 heavy (non-hydrogen) atoms. The summed E-state index contributed by atoms with van der Waals surface area (Å²) in [6, 6.07) is 41.2. The largest absolute Gasteiger partial charge is 0.458 e. The standard InChI is InChI=1S/C66H57B3O6/c1-3-7-49-43(5-1)67-45-33-47-53(35-51(45)72-57-29-40(27-55(70-49)61(57)67)64-18-9-37(10-19-64)11-20-64)74-59-31-42(66-24-15-39(16-25-66)17-26-66)32-60-63(59)69(47)48-34-46-52(36-54(48)75-60)73-58-30-41(65-21-12-38(13-22-65)14-23-65)28-56-62(58)68(46)44-6-2-4-8-50(44)71-56/h1-8,27-39H,9-26H2. The Bertz CT molecular complexity index is 3460. The fourth-order valence-corrected chi connectivity index (χ4v) is 18.3. The second kappa shape index (κ2) is 14.5. The predicted molar refractivity (Wildman–Crippen MR) is 298 cm³/mol. The summed E-state index contributed by atoms with van der Waals surface area (Å²) in [5.41, 5.74) is 15.0. The quantitative estimate of drug-likeness (QED) is 0.165. The molecule has 22 rings (SSSR count). The van der Waals surface area contributed by atoms with Crippen LogP contribution < -0.4 is 77.6 Å². The van der Waals surface area contributed by atoms with Crippen LogP contribution in [0.4, 0.5) is 0 Å². The molecule has 6 bridgehead atoms. The Morgan fingerprint density at radius 2 is 0.520 bits per heavy atom. The summed E-state index contributed by atoms with van der Waals surface area (Å²) in [5, 5.41) is 0. The minimum atomic E-state index is -0.163. The Morgan fingerprint density at radius 3 is 0.813 bits per heavy atom. The van der Waals surface area contributed by atoms with Crippen molar-refractivity contribution in [3.8, 4) is 69.0 Å². The molecular formula is C66H57B3O6.